The molecular formula is C12H11BrO2. The fourth-order valence-corrected chi connectivity index (χ4v) is 1.93. The minimum absolute atomic E-state index is 0.0753. The van der Waals surface area contributed by atoms with Gasteiger partial charge >= 0.3 is 0 Å². The molecule has 0 saturated carbocycles. The molecule has 0 amide bonds. The van der Waals surface area contributed by atoms with E-state index >= 15 is 0 Å². The van der Waals surface area contributed by atoms with E-state index in [1.165, 1.54) is 0 Å². The molecule has 0 aromatic heterocycles. The lowest BCUT2D eigenvalue weighted by atomic mass is 9.99. The zero-order valence-electron chi connectivity index (χ0n) is 8.42. The fourth-order valence-electron chi connectivity index (χ4n) is 1.57. The van der Waals surface area contributed by atoms with Gasteiger partial charge in [-0.1, -0.05) is 22.0 Å². The molecule has 0 fully saturated rings. The first-order chi connectivity index (χ1) is 7.18. The van der Waals surface area contributed by atoms with Crippen molar-refractivity contribution in [2.75, 3.05) is 6.61 Å². The number of Topliss-reactive ketones (excluding diaryl/α,β-unsaturated/α-hetero) is 1. The number of carbonyl (C=O) groups is 1. The van der Waals surface area contributed by atoms with Crippen molar-refractivity contribution in [1.29, 1.82) is 0 Å². The molecule has 0 spiro atoms. The highest BCUT2D eigenvalue weighted by atomic mass is 79.9. The number of halogens is 1. The molecule has 2 nitrogen and oxygen atoms in total. The van der Waals surface area contributed by atoms with Crippen LogP contribution < -0.4 is 0 Å². The Bertz CT molecular complexity index is 435. The van der Waals surface area contributed by atoms with Crippen LogP contribution >= 0.6 is 15.9 Å². The van der Waals surface area contributed by atoms with Crippen molar-refractivity contribution in [3.05, 3.63) is 45.6 Å². The number of ether oxygens (including phenoxy) is 1. The monoisotopic (exact) mass is 266 g/mol. The molecule has 1 heterocycles. The summed E-state index contributed by atoms with van der Waals surface area (Å²) in [6.45, 7) is 2.56. The number of ketones is 1. The molecule has 15 heavy (non-hydrogen) atoms. The molecule has 1 aromatic rings. The van der Waals surface area contributed by atoms with Gasteiger partial charge in [-0.2, -0.15) is 0 Å². The van der Waals surface area contributed by atoms with Crippen molar-refractivity contribution >= 4 is 21.7 Å². The number of rotatable bonds is 2. The molecule has 1 aliphatic rings. The Morgan fingerprint density at radius 3 is 2.93 bits per heavy atom. The van der Waals surface area contributed by atoms with Crippen LogP contribution in [0, 0.1) is 6.92 Å². The van der Waals surface area contributed by atoms with Crippen LogP contribution in [-0.4, -0.2) is 12.4 Å². The lowest BCUT2D eigenvalue weighted by Gasteiger charge is -2.04. The summed E-state index contributed by atoms with van der Waals surface area (Å²) in [6, 6.07) is 5.73. The zero-order chi connectivity index (χ0) is 10.8. The summed E-state index contributed by atoms with van der Waals surface area (Å²) in [5.41, 5.74) is 2.51. The third-order valence-electron chi connectivity index (χ3n) is 2.45. The number of aryl methyl sites for hydroxylation is 1. The highest BCUT2D eigenvalue weighted by molar-refractivity contribution is 9.10. The maximum Gasteiger partial charge on any atom is 0.192 e. The minimum atomic E-state index is 0.0753. The van der Waals surface area contributed by atoms with Crippen LogP contribution in [0.25, 0.3) is 0 Å². The van der Waals surface area contributed by atoms with E-state index in [1.54, 1.807) is 6.26 Å². The third-order valence-corrected chi connectivity index (χ3v) is 2.94. The average molecular weight is 267 g/mol. The van der Waals surface area contributed by atoms with Crippen LogP contribution in [-0.2, 0) is 4.74 Å². The summed E-state index contributed by atoms with van der Waals surface area (Å²) in [6.07, 6.45) is 2.29. The summed E-state index contributed by atoms with van der Waals surface area (Å²) in [7, 11) is 0. The van der Waals surface area contributed by atoms with Gasteiger partial charge in [-0.15, -0.1) is 0 Å². The van der Waals surface area contributed by atoms with Gasteiger partial charge in [-0.3, -0.25) is 4.79 Å². The first kappa shape index (κ1) is 10.4. The zero-order valence-corrected chi connectivity index (χ0v) is 10.0. The third kappa shape index (κ3) is 2.12. The van der Waals surface area contributed by atoms with E-state index in [-0.39, 0.29) is 5.78 Å². The van der Waals surface area contributed by atoms with E-state index in [0.29, 0.717) is 13.0 Å². The van der Waals surface area contributed by atoms with Gasteiger partial charge in [0.05, 0.1) is 12.9 Å². The molecule has 0 aliphatic carbocycles. The topological polar surface area (TPSA) is 26.3 Å². The molecule has 1 aliphatic heterocycles. The van der Waals surface area contributed by atoms with Gasteiger partial charge in [0, 0.05) is 22.0 Å². The van der Waals surface area contributed by atoms with Crippen molar-refractivity contribution in [2.24, 2.45) is 0 Å². The molecule has 0 N–H and O–H groups in total. The average Bonchev–Trinajstić information content (AvgIpc) is 2.74. The van der Waals surface area contributed by atoms with Gasteiger partial charge in [0.25, 0.3) is 0 Å². The Kier molecular flexibility index (Phi) is 2.91. The van der Waals surface area contributed by atoms with Crippen molar-refractivity contribution in [2.45, 2.75) is 13.3 Å². The highest BCUT2D eigenvalue weighted by Gasteiger charge is 2.18. The molecule has 0 atom stereocenters. The Labute approximate surface area is 97.1 Å². The summed E-state index contributed by atoms with van der Waals surface area (Å²) in [4.78, 5) is 12.1. The Morgan fingerprint density at radius 1 is 1.47 bits per heavy atom. The molecule has 0 saturated heterocycles. The van der Waals surface area contributed by atoms with Gasteiger partial charge < -0.3 is 4.74 Å². The number of benzene rings is 1. The first-order valence-corrected chi connectivity index (χ1v) is 5.59. The van der Waals surface area contributed by atoms with E-state index in [2.05, 4.69) is 15.9 Å². The second kappa shape index (κ2) is 4.19. The van der Waals surface area contributed by atoms with Gasteiger partial charge in [0.2, 0.25) is 0 Å². The lowest BCUT2D eigenvalue weighted by Crippen LogP contribution is -2.04. The van der Waals surface area contributed by atoms with Crippen molar-refractivity contribution in [1.82, 2.24) is 0 Å². The van der Waals surface area contributed by atoms with Gasteiger partial charge in [0.15, 0.2) is 5.78 Å². The van der Waals surface area contributed by atoms with Crippen LogP contribution in [0.1, 0.15) is 22.3 Å². The SMILES string of the molecule is Cc1ccc(Br)cc1C(=O)C1=COCC1. The van der Waals surface area contributed by atoms with Gasteiger partial charge in [-0.05, 0) is 24.6 Å². The minimum Gasteiger partial charge on any atom is -0.500 e. The van der Waals surface area contributed by atoms with E-state index in [4.69, 9.17) is 4.74 Å². The highest BCUT2D eigenvalue weighted by Crippen LogP contribution is 2.22. The fraction of sp³-hybridized carbons (Fsp3) is 0.250. The standard InChI is InChI=1S/C12H11BrO2/c1-8-2-3-10(13)6-11(8)12(14)9-4-5-15-7-9/h2-3,6-7H,4-5H2,1H3. The molecule has 0 radical (unpaired) electrons. The van der Waals surface area contributed by atoms with Crippen LogP contribution in [0.4, 0.5) is 0 Å². The Morgan fingerprint density at radius 2 is 2.27 bits per heavy atom. The number of hydrogen-bond acceptors (Lipinski definition) is 2. The number of hydrogen-bond donors (Lipinski definition) is 0. The second-order valence-corrected chi connectivity index (χ2v) is 4.47. The number of carbonyl (C=O) groups excluding carboxylic acids is 1. The smallest absolute Gasteiger partial charge is 0.192 e. The van der Waals surface area contributed by atoms with E-state index in [0.717, 1.165) is 21.2 Å². The molecule has 2 rings (SSSR count). The molecule has 3 heteroatoms. The van der Waals surface area contributed by atoms with Crippen molar-refractivity contribution in [3.8, 4) is 0 Å². The van der Waals surface area contributed by atoms with Crippen LogP contribution in [0.3, 0.4) is 0 Å². The quantitative estimate of drug-likeness (QED) is 0.769. The summed E-state index contributed by atoms with van der Waals surface area (Å²) in [5, 5.41) is 0. The molecular weight excluding hydrogens is 256 g/mol. The normalized spacial score (nSPS) is 14.7. The largest absolute Gasteiger partial charge is 0.500 e. The maximum absolute atomic E-state index is 12.1. The van der Waals surface area contributed by atoms with Gasteiger partial charge in [-0.25, -0.2) is 0 Å². The molecule has 0 unspecified atom stereocenters. The maximum atomic E-state index is 12.1. The summed E-state index contributed by atoms with van der Waals surface area (Å²) >= 11 is 3.37. The van der Waals surface area contributed by atoms with Crippen molar-refractivity contribution < 1.29 is 9.53 Å². The molecule has 78 valence electrons. The van der Waals surface area contributed by atoms with Crippen LogP contribution in [0.2, 0.25) is 0 Å². The lowest BCUT2D eigenvalue weighted by molar-refractivity contribution is 0.103. The van der Waals surface area contributed by atoms with E-state index < -0.39 is 0 Å². The Balaban J connectivity index is 2.36. The predicted octanol–water partition coefficient (Wildman–Crippen LogP) is 3.24. The summed E-state index contributed by atoms with van der Waals surface area (Å²) in [5.74, 6) is 0.0753. The van der Waals surface area contributed by atoms with Gasteiger partial charge in [0.1, 0.15) is 0 Å². The van der Waals surface area contributed by atoms with Crippen LogP contribution in [0.15, 0.2) is 34.5 Å². The van der Waals surface area contributed by atoms with E-state index in [1.807, 2.05) is 25.1 Å². The van der Waals surface area contributed by atoms with Crippen molar-refractivity contribution in [3.63, 3.8) is 0 Å². The van der Waals surface area contributed by atoms with Crippen LogP contribution in [0.5, 0.6) is 0 Å². The predicted molar refractivity (Wildman–Crippen MR) is 61.9 cm³/mol. The van der Waals surface area contributed by atoms with E-state index in [9.17, 15) is 4.79 Å². The molecule has 0 bridgehead atoms. The summed E-state index contributed by atoms with van der Waals surface area (Å²) < 4.78 is 6.00. The first-order valence-electron chi connectivity index (χ1n) is 4.80. The Hall–Kier alpha value is -1.09. The second-order valence-electron chi connectivity index (χ2n) is 3.55. The molecule has 1 aromatic carbocycles.